The predicted molar refractivity (Wildman–Crippen MR) is 175 cm³/mol. The van der Waals surface area contributed by atoms with Crippen LogP contribution in [0.2, 0.25) is 0 Å². The molecule has 5 fully saturated rings. The molecule has 0 aliphatic heterocycles. The summed E-state index contributed by atoms with van der Waals surface area (Å²) in [6.07, 6.45) is 9.71. The van der Waals surface area contributed by atoms with E-state index >= 15 is 0 Å². The molecule has 1 amide bonds. The van der Waals surface area contributed by atoms with Crippen molar-refractivity contribution in [2.24, 2.45) is 11.3 Å². The zero-order valence-corrected chi connectivity index (χ0v) is 26.7. The fourth-order valence-electron chi connectivity index (χ4n) is 8.25. The number of hydrogen-bond acceptors (Lipinski definition) is 4. The highest BCUT2D eigenvalue weighted by atomic mass is 19.3. The van der Waals surface area contributed by atoms with Crippen LogP contribution in [0.4, 0.5) is 25.8 Å². The number of hydrogen-bond donors (Lipinski definition) is 2. The van der Waals surface area contributed by atoms with E-state index in [4.69, 9.17) is 6.57 Å². The topological polar surface area (TPSA) is 69.8 Å². The van der Waals surface area contributed by atoms with Gasteiger partial charge < -0.3 is 20.2 Å². The first-order valence-electron chi connectivity index (χ1n) is 16.6. The SMILES string of the molecule is [C-]#[N+]C1(c2ccc(Nc3cccc(N(CC45CCC(c6ccc(C(C)(F)F)cn6)(CC4)CC5)C(=O)C4CC(C)(O)C4)c3)cc2)CC1. The van der Waals surface area contributed by atoms with Crippen molar-refractivity contribution in [2.45, 2.75) is 101 Å². The Morgan fingerprint density at radius 3 is 2.22 bits per heavy atom. The summed E-state index contributed by atoms with van der Waals surface area (Å²) in [7, 11) is 0. The Morgan fingerprint density at radius 2 is 1.67 bits per heavy atom. The number of nitrogens with one attached hydrogen (secondary N) is 1. The Kier molecular flexibility index (Phi) is 7.28. The molecular weight excluding hydrogens is 582 g/mol. The molecule has 1 heterocycles. The number of amides is 1. The molecule has 0 radical (unpaired) electrons. The van der Waals surface area contributed by atoms with E-state index in [-0.39, 0.29) is 33.8 Å². The number of benzene rings is 2. The molecule has 6 nitrogen and oxygen atoms in total. The van der Waals surface area contributed by atoms with Gasteiger partial charge in [-0.3, -0.25) is 9.78 Å². The largest absolute Gasteiger partial charge is 0.390 e. The average Bonchev–Trinajstić information content (AvgIpc) is 3.85. The summed E-state index contributed by atoms with van der Waals surface area (Å²) < 4.78 is 27.6. The van der Waals surface area contributed by atoms with Gasteiger partial charge in [0.2, 0.25) is 5.91 Å². The van der Waals surface area contributed by atoms with Gasteiger partial charge >= 0.3 is 0 Å². The van der Waals surface area contributed by atoms with Gasteiger partial charge in [-0.1, -0.05) is 6.07 Å². The second kappa shape index (κ2) is 10.9. The second-order valence-electron chi connectivity index (χ2n) is 15.0. The van der Waals surface area contributed by atoms with Crippen LogP contribution in [0.1, 0.15) is 94.9 Å². The van der Waals surface area contributed by atoms with Gasteiger partial charge in [-0.2, -0.15) is 0 Å². The van der Waals surface area contributed by atoms with Crippen LogP contribution in [0.15, 0.2) is 66.9 Å². The standard InChI is InChI=1S/C38H42F2N4O2/c1-34(46)22-26(23-34)33(45)44(31-6-4-5-30(21-31)43-29-10-7-27(8-11-29)38(41-3)19-20-38)25-36-13-16-37(17-14-36,18-15-36)32-12-9-28(24-42-32)35(2,39)40/h4-12,21,24,26,43,46H,13-20,22-23,25H2,1-2H3. The number of rotatable bonds is 9. The van der Waals surface area contributed by atoms with E-state index in [0.717, 1.165) is 86.6 Å². The smallest absolute Gasteiger partial charge is 0.272 e. The van der Waals surface area contributed by atoms with E-state index in [0.29, 0.717) is 19.4 Å². The van der Waals surface area contributed by atoms with Gasteiger partial charge in [0.1, 0.15) is 0 Å². The Morgan fingerprint density at radius 1 is 1.00 bits per heavy atom. The minimum Gasteiger partial charge on any atom is -0.390 e. The predicted octanol–water partition coefficient (Wildman–Crippen LogP) is 8.63. The van der Waals surface area contributed by atoms with E-state index in [2.05, 4.69) is 15.1 Å². The highest BCUT2D eigenvalue weighted by Crippen LogP contribution is 2.58. The first-order chi connectivity index (χ1) is 21.8. The van der Waals surface area contributed by atoms with E-state index in [1.807, 2.05) is 53.4 Å². The molecule has 5 saturated carbocycles. The Labute approximate surface area is 270 Å². The molecule has 2 N–H and O–H groups in total. The molecule has 1 aromatic heterocycles. The third-order valence-electron chi connectivity index (χ3n) is 11.5. The maximum atomic E-state index is 14.1. The van der Waals surface area contributed by atoms with Crippen LogP contribution in [0.25, 0.3) is 4.85 Å². The summed E-state index contributed by atoms with van der Waals surface area (Å²) in [4.78, 5) is 24.4. The maximum absolute atomic E-state index is 14.1. The first-order valence-corrected chi connectivity index (χ1v) is 16.6. The Bertz CT molecular complexity index is 1640. The number of pyridine rings is 1. The molecule has 240 valence electrons. The number of anilines is 3. The molecule has 2 bridgehead atoms. The average molecular weight is 625 g/mol. The van der Waals surface area contributed by atoms with Crippen LogP contribution in [-0.4, -0.2) is 28.1 Å². The van der Waals surface area contributed by atoms with Crippen LogP contribution in [0.5, 0.6) is 0 Å². The number of aromatic nitrogens is 1. The van der Waals surface area contributed by atoms with Crippen molar-refractivity contribution in [2.75, 3.05) is 16.8 Å². The highest BCUT2D eigenvalue weighted by Gasteiger charge is 2.53. The number of halogens is 2. The zero-order chi connectivity index (χ0) is 32.4. The molecule has 0 unspecified atom stereocenters. The molecule has 8 heteroatoms. The van der Waals surface area contributed by atoms with E-state index < -0.39 is 11.5 Å². The van der Waals surface area contributed by atoms with Crippen LogP contribution < -0.4 is 10.2 Å². The van der Waals surface area contributed by atoms with Gasteiger partial charge in [-0.15, -0.1) is 0 Å². The number of alkyl halides is 2. The maximum Gasteiger partial charge on any atom is 0.272 e. The van der Waals surface area contributed by atoms with Crippen molar-refractivity contribution < 1.29 is 18.7 Å². The molecule has 0 saturated heterocycles. The molecule has 8 rings (SSSR count). The lowest BCUT2D eigenvalue weighted by Gasteiger charge is -2.55. The number of fused-ring (bicyclic) bond motifs is 3. The fraction of sp³-hybridized carbons (Fsp3) is 0.500. The molecule has 0 spiro atoms. The monoisotopic (exact) mass is 624 g/mol. The zero-order valence-electron chi connectivity index (χ0n) is 26.7. The number of carbonyl (C=O) groups is 1. The lowest BCUT2D eigenvalue weighted by molar-refractivity contribution is -0.137. The first kappa shape index (κ1) is 30.8. The van der Waals surface area contributed by atoms with E-state index in [1.165, 1.54) is 12.3 Å². The molecular formula is C38H42F2N4O2. The van der Waals surface area contributed by atoms with Crippen LogP contribution in [0, 0.1) is 17.9 Å². The molecule has 46 heavy (non-hydrogen) atoms. The van der Waals surface area contributed by atoms with Crippen molar-refractivity contribution in [3.8, 4) is 0 Å². The van der Waals surface area contributed by atoms with Gasteiger partial charge in [-0.05, 0) is 118 Å². The second-order valence-corrected chi connectivity index (χ2v) is 15.0. The lowest BCUT2D eigenvalue weighted by Crippen LogP contribution is -2.54. The molecule has 0 atom stereocenters. The van der Waals surface area contributed by atoms with Crippen LogP contribution >= 0.6 is 0 Å². The van der Waals surface area contributed by atoms with Crippen LogP contribution in [-0.2, 0) is 21.7 Å². The van der Waals surface area contributed by atoms with E-state index in [9.17, 15) is 18.7 Å². The van der Waals surface area contributed by atoms with Crippen molar-refractivity contribution in [3.63, 3.8) is 0 Å². The summed E-state index contributed by atoms with van der Waals surface area (Å²) in [6, 6.07) is 19.4. The number of carbonyl (C=O) groups excluding carboxylic acids is 1. The summed E-state index contributed by atoms with van der Waals surface area (Å²) in [5, 5.41) is 13.9. The van der Waals surface area contributed by atoms with Gasteiger partial charge in [0, 0.05) is 77.7 Å². The van der Waals surface area contributed by atoms with Crippen molar-refractivity contribution >= 4 is 23.0 Å². The third kappa shape index (κ3) is 5.68. The third-order valence-corrected chi connectivity index (χ3v) is 11.5. The fourth-order valence-corrected chi connectivity index (χ4v) is 8.25. The highest BCUT2D eigenvalue weighted by molar-refractivity contribution is 5.96. The van der Waals surface area contributed by atoms with Gasteiger partial charge in [0.05, 0.1) is 5.60 Å². The Hall–Kier alpha value is -3.83. The molecule has 5 aliphatic rings. The van der Waals surface area contributed by atoms with Crippen LogP contribution in [0.3, 0.4) is 0 Å². The van der Waals surface area contributed by atoms with Gasteiger partial charge in [0.15, 0.2) is 0 Å². The Balaban J connectivity index is 1.10. The van der Waals surface area contributed by atoms with Gasteiger partial charge in [0.25, 0.3) is 11.5 Å². The summed E-state index contributed by atoms with van der Waals surface area (Å²) >= 11 is 0. The number of aliphatic hydroxyl groups is 1. The minimum absolute atomic E-state index is 0.0268. The molecule has 5 aliphatic carbocycles. The van der Waals surface area contributed by atoms with Crippen molar-refractivity contribution in [3.05, 3.63) is 95.1 Å². The molecule has 3 aromatic rings. The van der Waals surface area contributed by atoms with Crippen molar-refractivity contribution in [1.82, 2.24) is 4.98 Å². The lowest BCUT2D eigenvalue weighted by atomic mass is 9.52. The van der Waals surface area contributed by atoms with Crippen molar-refractivity contribution in [1.29, 1.82) is 0 Å². The normalized spacial score (nSPS) is 29.3. The number of nitrogens with zero attached hydrogens (tertiary/aromatic N) is 3. The van der Waals surface area contributed by atoms with Gasteiger partial charge in [-0.25, -0.2) is 15.4 Å². The van der Waals surface area contributed by atoms with E-state index in [1.54, 1.807) is 13.0 Å². The summed E-state index contributed by atoms with van der Waals surface area (Å²) in [5.41, 5.74) is 3.30. The summed E-state index contributed by atoms with van der Waals surface area (Å²) in [6.45, 7) is 10.9. The summed E-state index contributed by atoms with van der Waals surface area (Å²) in [5.74, 6) is -3.05. The molecule has 2 aromatic carbocycles. The minimum atomic E-state index is -2.91. The quantitative estimate of drug-likeness (QED) is 0.234.